The molecule has 108 valence electrons. The van der Waals surface area contributed by atoms with Crippen molar-refractivity contribution in [1.82, 2.24) is 4.90 Å². The molecule has 20 heavy (non-hydrogen) atoms. The van der Waals surface area contributed by atoms with Crippen LogP contribution in [0.2, 0.25) is 0 Å². The molecule has 4 heteroatoms. The van der Waals surface area contributed by atoms with E-state index in [1.165, 1.54) is 5.56 Å². The molecule has 2 heterocycles. The fraction of sp³-hybridized carbons (Fsp3) is 0.562. The lowest BCUT2D eigenvalue weighted by atomic mass is 9.92. The molecule has 2 aliphatic rings. The Balaban J connectivity index is 1.61. The number of piperidine rings is 1. The second-order valence-electron chi connectivity index (χ2n) is 6.25. The van der Waals surface area contributed by atoms with E-state index < -0.39 is 5.60 Å². The molecule has 1 amide bonds. The minimum absolute atomic E-state index is 0.212. The van der Waals surface area contributed by atoms with Crippen LogP contribution in [0.4, 0.5) is 5.69 Å². The van der Waals surface area contributed by atoms with Gasteiger partial charge in [-0.05, 0) is 31.4 Å². The molecule has 0 bridgehead atoms. The van der Waals surface area contributed by atoms with E-state index in [0.29, 0.717) is 32.4 Å². The summed E-state index contributed by atoms with van der Waals surface area (Å²) in [5.41, 5.74) is 1.81. The lowest BCUT2D eigenvalue weighted by Crippen LogP contribution is -2.45. The first kappa shape index (κ1) is 13.4. The number of nitrogens with zero attached hydrogens (tertiary/aromatic N) is 1. The summed E-state index contributed by atoms with van der Waals surface area (Å²) >= 11 is 0. The Morgan fingerprint density at radius 2 is 2.10 bits per heavy atom. The van der Waals surface area contributed by atoms with Crippen LogP contribution >= 0.6 is 0 Å². The number of likely N-dealkylation sites (tertiary alicyclic amines) is 1. The third-order valence-corrected chi connectivity index (χ3v) is 4.55. The number of rotatable bonds is 2. The molecule has 1 saturated heterocycles. The largest absolute Gasteiger partial charge is 0.390 e. The lowest BCUT2D eigenvalue weighted by Gasteiger charge is -2.36. The highest BCUT2D eigenvalue weighted by Gasteiger charge is 2.31. The first-order valence-corrected chi connectivity index (χ1v) is 7.38. The highest BCUT2D eigenvalue weighted by molar-refractivity contribution is 5.78. The number of anilines is 1. The standard InChI is InChI=1S/C16H22N2O2/c1-16(20)6-8-18(9-7-16)15(19)10-12-11-17-14-5-3-2-4-13(12)14/h2-5,12,17,20H,6-11H2,1H3. The van der Waals surface area contributed by atoms with Crippen molar-refractivity contribution in [2.24, 2.45) is 0 Å². The third kappa shape index (κ3) is 2.66. The van der Waals surface area contributed by atoms with Gasteiger partial charge in [0.05, 0.1) is 5.60 Å². The van der Waals surface area contributed by atoms with Crippen molar-refractivity contribution >= 4 is 11.6 Å². The molecule has 2 aliphatic heterocycles. The van der Waals surface area contributed by atoms with Crippen LogP contribution in [0.1, 0.15) is 37.7 Å². The molecule has 1 unspecified atom stereocenters. The maximum Gasteiger partial charge on any atom is 0.223 e. The molecular weight excluding hydrogens is 252 g/mol. The zero-order valence-electron chi connectivity index (χ0n) is 11.9. The summed E-state index contributed by atoms with van der Waals surface area (Å²) in [6.07, 6.45) is 1.92. The predicted molar refractivity (Wildman–Crippen MR) is 78.7 cm³/mol. The van der Waals surface area contributed by atoms with E-state index in [0.717, 1.165) is 12.2 Å². The maximum absolute atomic E-state index is 12.4. The lowest BCUT2D eigenvalue weighted by molar-refractivity contribution is -0.135. The van der Waals surface area contributed by atoms with Gasteiger partial charge in [-0.3, -0.25) is 4.79 Å². The molecule has 1 aromatic carbocycles. The number of benzene rings is 1. The first-order chi connectivity index (χ1) is 9.55. The van der Waals surface area contributed by atoms with Crippen LogP contribution in [-0.2, 0) is 4.79 Å². The SMILES string of the molecule is CC1(O)CCN(C(=O)CC2CNc3ccccc32)CC1. The Labute approximate surface area is 119 Å². The Morgan fingerprint density at radius 1 is 1.40 bits per heavy atom. The van der Waals surface area contributed by atoms with E-state index in [2.05, 4.69) is 17.4 Å². The number of amides is 1. The fourth-order valence-electron chi connectivity index (χ4n) is 3.12. The van der Waals surface area contributed by atoms with Crippen LogP contribution in [-0.4, -0.2) is 41.1 Å². The van der Waals surface area contributed by atoms with E-state index in [1.807, 2.05) is 24.0 Å². The van der Waals surface area contributed by atoms with E-state index in [1.54, 1.807) is 0 Å². The van der Waals surface area contributed by atoms with Crippen molar-refractivity contribution in [3.05, 3.63) is 29.8 Å². The minimum atomic E-state index is -0.599. The van der Waals surface area contributed by atoms with Gasteiger partial charge in [-0.2, -0.15) is 0 Å². The number of carbonyl (C=O) groups excluding carboxylic acids is 1. The van der Waals surface area contributed by atoms with Gasteiger partial charge in [0, 0.05) is 37.7 Å². The van der Waals surface area contributed by atoms with Crippen LogP contribution in [0.3, 0.4) is 0 Å². The van der Waals surface area contributed by atoms with Gasteiger partial charge >= 0.3 is 0 Å². The maximum atomic E-state index is 12.4. The summed E-state index contributed by atoms with van der Waals surface area (Å²) in [6, 6.07) is 8.22. The molecule has 4 nitrogen and oxygen atoms in total. The molecule has 0 saturated carbocycles. The first-order valence-electron chi connectivity index (χ1n) is 7.38. The van der Waals surface area contributed by atoms with Crippen LogP contribution in [0, 0.1) is 0 Å². The highest BCUT2D eigenvalue weighted by Crippen LogP contribution is 2.34. The van der Waals surface area contributed by atoms with Gasteiger partial charge in [-0.15, -0.1) is 0 Å². The Kier molecular flexibility index (Phi) is 3.42. The Hall–Kier alpha value is -1.55. The van der Waals surface area contributed by atoms with Crippen LogP contribution in [0.5, 0.6) is 0 Å². The second-order valence-corrected chi connectivity index (χ2v) is 6.25. The summed E-state index contributed by atoms with van der Waals surface area (Å²) in [4.78, 5) is 14.3. The quantitative estimate of drug-likeness (QED) is 0.867. The third-order valence-electron chi connectivity index (χ3n) is 4.55. The molecule has 0 spiro atoms. The van der Waals surface area contributed by atoms with Gasteiger partial charge in [0.25, 0.3) is 0 Å². The number of hydrogen-bond acceptors (Lipinski definition) is 3. The van der Waals surface area contributed by atoms with Gasteiger partial charge in [0.15, 0.2) is 0 Å². The van der Waals surface area contributed by atoms with Gasteiger partial charge in [-0.25, -0.2) is 0 Å². The number of hydrogen-bond donors (Lipinski definition) is 2. The predicted octanol–water partition coefficient (Wildman–Crippen LogP) is 1.96. The highest BCUT2D eigenvalue weighted by atomic mass is 16.3. The number of carbonyl (C=O) groups is 1. The van der Waals surface area contributed by atoms with E-state index in [-0.39, 0.29) is 11.8 Å². The molecule has 0 aliphatic carbocycles. The van der Waals surface area contributed by atoms with Gasteiger partial charge in [0.1, 0.15) is 0 Å². The molecule has 0 aromatic heterocycles. The van der Waals surface area contributed by atoms with Crippen LogP contribution < -0.4 is 5.32 Å². The topological polar surface area (TPSA) is 52.6 Å². The number of nitrogens with one attached hydrogen (secondary N) is 1. The minimum Gasteiger partial charge on any atom is -0.390 e. The average Bonchev–Trinajstić information content (AvgIpc) is 2.82. The number of para-hydroxylation sites is 1. The molecule has 1 fully saturated rings. The van der Waals surface area contributed by atoms with Crippen molar-refractivity contribution < 1.29 is 9.90 Å². The molecule has 2 N–H and O–H groups in total. The summed E-state index contributed by atoms with van der Waals surface area (Å²) in [6.45, 7) is 4.05. The molecule has 0 radical (unpaired) electrons. The number of fused-ring (bicyclic) bond motifs is 1. The summed E-state index contributed by atoms with van der Waals surface area (Å²) in [5, 5.41) is 13.3. The molecular formula is C16H22N2O2. The monoisotopic (exact) mass is 274 g/mol. The van der Waals surface area contributed by atoms with Crippen molar-refractivity contribution in [2.75, 3.05) is 25.0 Å². The summed E-state index contributed by atoms with van der Waals surface area (Å²) in [7, 11) is 0. The average molecular weight is 274 g/mol. The van der Waals surface area contributed by atoms with Gasteiger partial charge in [0.2, 0.25) is 5.91 Å². The zero-order valence-corrected chi connectivity index (χ0v) is 11.9. The Morgan fingerprint density at radius 3 is 2.85 bits per heavy atom. The fourth-order valence-corrected chi connectivity index (χ4v) is 3.12. The van der Waals surface area contributed by atoms with Crippen LogP contribution in [0.25, 0.3) is 0 Å². The van der Waals surface area contributed by atoms with E-state index in [4.69, 9.17) is 0 Å². The van der Waals surface area contributed by atoms with Crippen molar-refractivity contribution in [3.8, 4) is 0 Å². The second kappa shape index (κ2) is 5.09. The zero-order chi connectivity index (χ0) is 14.2. The van der Waals surface area contributed by atoms with Crippen molar-refractivity contribution in [2.45, 2.75) is 37.7 Å². The normalized spacial score (nSPS) is 24.1. The van der Waals surface area contributed by atoms with Crippen LogP contribution in [0.15, 0.2) is 24.3 Å². The van der Waals surface area contributed by atoms with Crippen molar-refractivity contribution in [3.63, 3.8) is 0 Å². The summed E-state index contributed by atoms with van der Waals surface area (Å²) in [5.74, 6) is 0.491. The summed E-state index contributed by atoms with van der Waals surface area (Å²) < 4.78 is 0. The van der Waals surface area contributed by atoms with Gasteiger partial charge in [-0.1, -0.05) is 18.2 Å². The van der Waals surface area contributed by atoms with E-state index in [9.17, 15) is 9.90 Å². The van der Waals surface area contributed by atoms with Gasteiger partial charge < -0.3 is 15.3 Å². The molecule has 3 rings (SSSR count). The molecule has 1 aromatic rings. The molecule has 1 atom stereocenters. The Bertz CT molecular complexity index is 503. The smallest absolute Gasteiger partial charge is 0.223 e. The van der Waals surface area contributed by atoms with Crippen molar-refractivity contribution in [1.29, 1.82) is 0 Å². The number of aliphatic hydroxyl groups is 1. The van der Waals surface area contributed by atoms with E-state index >= 15 is 0 Å².